The van der Waals surface area contributed by atoms with E-state index < -0.39 is 21.7 Å². The third-order valence-electron chi connectivity index (χ3n) is 5.35. The third-order valence-corrected chi connectivity index (χ3v) is 7.23. The molecule has 1 saturated heterocycles. The molecule has 1 heterocycles. The molecule has 1 aromatic carbocycles. The van der Waals surface area contributed by atoms with Gasteiger partial charge in [0.15, 0.2) is 5.96 Å². The van der Waals surface area contributed by atoms with Crippen molar-refractivity contribution >= 4 is 16.0 Å². The van der Waals surface area contributed by atoms with Crippen LogP contribution < -0.4 is 10.6 Å². The van der Waals surface area contributed by atoms with Gasteiger partial charge in [0, 0.05) is 43.2 Å². The zero-order chi connectivity index (χ0) is 20.3. The van der Waals surface area contributed by atoms with E-state index in [2.05, 4.69) is 15.6 Å². The number of hydrogen-bond acceptors (Lipinski definition) is 3. The summed E-state index contributed by atoms with van der Waals surface area (Å²) in [6.45, 7) is 5.12. The molecule has 1 aromatic rings. The van der Waals surface area contributed by atoms with Gasteiger partial charge in [-0.25, -0.2) is 21.5 Å². The lowest BCUT2D eigenvalue weighted by Crippen LogP contribution is -2.50. The molecule has 28 heavy (non-hydrogen) atoms. The van der Waals surface area contributed by atoms with E-state index in [0.717, 1.165) is 0 Å². The maximum absolute atomic E-state index is 14.0. The Balaban J connectivity index is 1.56. The molecule has 1 aliphatic carbocycles. The van der Waals surface area contributed by atoms with E-state index in [4.69, 9.17) is 0 Å². The standard InChI is InChI=1S/C19H28F2N4O2S/c1-3-22-19(23-13-8-10-25(11-9-13)28(26,27)4-2)24-17-12-14(17)18-15(20)6-5-7-16(18)21/h5-7,13-14,17H,3-4,8-12H2,1-2H3,(H2,22,23,24). The first-order valence-electron chi connectivity index (χ1n) is 9.85. The average Bonchev–Trinajstić information content (AvgIpc) is 3.40. The first kappa shape index (κ1) is 21.0. The number of nitrogens with one attached hydrogen (secondary N) is 2. The van der Waals surface area contributed by atoms with Gasteiger partial charge in [-0.2, -0.15) is 0 Å². The lowest BCUT2D eigenvalue weighted by molar-refractivity contribution is 0.306. The predicted octanol–water partition coefficient (Wildman–Crippen LogP) is 2.19. The minimum Gasteiger partial charge on any atom is -0.354 e. The van der Waals surface area contributed by atoms with E-state index in [0.29, 0.717) is 44.9 Å². The molecule has 0 aromatic heterocycles. The highest BCUT2D eigenvalue weighted by Gasteiger charge is 2.42. The molecule has 2 unspecified atom stereocenters. The van der Waals surface area contributed by atoms with E-state index >= 15 is 0 Å². The largest absolute Gasteiger partial charge is 0.354 e. The number of benzene rings is 1. The number of halogens is 2. The molecule has 2 atom stereocenters. The Bertz CT molecular complexity index is 803. The summed E-state index contributed by atoms with van der Waals surface area (Å²) >= 11 is 0. The van der Waals surface area contributed by atoms with Gasteiger partial charge in [0.2, 0.25) is 10.0 Å². The molecule has 0 bridgehead atoms. The predicted molar refractivity (Wildman–Crippen MR) is 106 cm³/mol. The van der Waals surface area contributed by atoms with Crippen molar-refractivity contribution in [3.8, 4) is 0 Å². The van der Waals surface area contributed by atoms with Gasteiger partial charge in [-0.3, -0.25) is 4.99 Å². The molecule has 1 saturated carbocycles. The molecule has 0 amide bonds. The molecule has 0 spiro atoms. The number of piperidine rings is 1. The van der Waals surface area contributed by atoms with Crippen LogP contribution in [-0.4, -0.2) is 56.2 Å². The number of rotatable bonds is 6. The molecule has 6 nitrogen and oxygen atoms in total. The summed E-state index contributed by atoms with van der Waals surface area (Å²) in [5.74, 6) is -0.503. The van der Waals surface area contributed by atoms with Gasteiger partial charge in [-0.05, 0) is 45.2 Å². The second-order valence-electron chi connectivity index (χ2n) is 7.27. The molecule has 2 aliphatic rings. The van der Waals surface area contributed by atoms with E-state index in [9.17, 15) is 17.2 Å². The summed E-state index contributed by atoms with van der Waals surface area (Å²) < 4.78 is 53.4. The van der Waals surface area contributed by atoms with Gasteiger partial charge in [0.05, 0.1) is 5.75 Å². The summed E-state index contributed by atoms with van der Waals surface area (Å²) in [6, 6.07) is 3.99. The highest BCUT2D eigenvalue weighted by Crippen LogP contribution is 2.43. The van der Waals surface area contributed by atoms with E-state index in [-0.39, 0.29) is 29.3 Å². The van der Waals surface area contributed by atoms with Crippen molar-refractivity contribution in [3.63, 3.8) is 0 Å². The molecule has 0 radical (unpaired) electrons. The van der Waals surface area contributed by atoms with E-state index in [1.165, 1.54) is 22.5 Å². The van der Waals surface area contributed by atoms with Crippen molar-refractivity contribution in [1.82, 2.24) is 14.9 Å². The zero-order valence-corrected chi connectivity index (χ0v) is 17.1. The van der Waals surface area contributed by atoms with Gasteiger partial charge >= 0.3 is 0 Å². The van der Waals surface area contributed by atoms with E-state index in [1.54, 1.807) is 6.92 Å². The lowest BCUT2D eigenvalue weighted by Gasteiger charge is -2.32. The summed E-state index contributed by atoms with van der Waals surface area (Å²) in [6.07, 6.45) is 2.04. The van der Waals surface area contributed by atoms with Crippen LogP contribution in [0.25, 0.3) is 0 Å². The van der Waals surface area contributed by atoms with Crippen LogP contribution in [0.1, 0.15) is 44.6 Å². The Morgan fingerprint density at radius 2 is 1.82 bits per heavy atom. The number of sulfonamides is 1. The van der Waals surface area contributed by atoms with Gasteiger partial charge in [0.1, 0.15) is 11.6 Å². The lowest BCUT2D eigenvalue weighted by atomic mass is 10.1. The van der Waals surface area contributed by atoms with Gasteiger partial charge in [-0.1, -0.05) is 6.07 Å². The second kappa shape index (κ2) is 8.73. The zero-order valence-electron chi connectivity index (χ0n) is 16.3. The van der Waals surface area contributed by atoms with Crippen molar-refractivity contribution in [2.45, 2.75) is 51.1 Å². The van der Waals surface area contributed by atoms with Crippen molar-refractivity contribution in [3.05, 3.63) is 35.4 Å². The van der Waals surface area contributed by atoms with Crippen LogP contribution in [0.3, 0.4) is 0 Å². The highest BCUT2D eigenvalue weighted by atomic mass is 32.2. The maximum Gasteiger partial charge on any atom is 0.213 e. The van der Waals surface area contributed by atoms with Crippen LogP contribution in [0.4, 0.5) is 8.78 Å². The first-order valence-corrected chi connectivity index (χ1v) is 11.5. The molecule has 2 fully saturated rings. The van der Waals surface area contributed by atoms with Crippen molar-refractivity contribution in [2.75, 3.05) is 25.4 Å². The summed E-state index contributed by atoms with van der Waals surface area (Å²) in [5.41, 5.74) is 0.133. The fourth-order valence-electron chi connectivity index (χ4n) is 3.66. The first-order chi connectivity index (χ1) is 13.4. The van der Waals surface area contributed by atoms with Crippen molar-refractivity contribution < 1.29 is 17.2 Å². The number of guanidine groups is 1. The van der Waals surface area contributed by atoms with Crippen LogP contribution in [0, 0.1) is 11.6 Å². The summed E-state index contributed by atoms with van der Waals surface area (Å²) in [7, 11) is -3.15. The Morgan fingerprint density at radius 1 is 1.18 bits per heavy atom. The average molecular weight is 415 g/mol. The molecule has 2 N–H and O–H groups in total. The number of hydrogen-bond donors (Lipinski definition) is 2. The Morgan fingerprint density at radius 3 is 2.39 bits per heavy atom. The molecule has 156 valence electrons. The Hall–Kier alpha value is -1.74. The normalized spacial score (nSPS) is 24.2. The third kappa shape index (κ3) is 4.81. The van der Waals surface area contributed by atoms with Crippen molar-refractivity contribution in [1.29, 1.82) is 0 Å². The molecule has 3 rings (SSSR count). The maximum atomic E-state index is 14.0. The number of aliphatic imine (C=N–C) groups is 1. The van der Waals surface area contributed by atoms with Gasteiger partial charge in [0.25, 0.3) is 0 Å². The van der Waals surface area contributed by atoms with Crippen LogP contribution in [0.2, 0.25) is 0 Å². The Kier molecular flexibility index (Phi) is 6.54. The molecular weight excluding hydrogens is 386 g/mol. The van der Waals surface area contributed by atoms with Crippen LogP contribution >= 0.6 is 0 Å². The fourth-order valence-corrected chi connectivity index (χ4v) is 4.79. The fraction of sp³-hybridized carbons (Fsp3) is 0.632. The number of nitrogens with zero attached hydrogens (tertiary/aromatic N) is 2. The van der Waals surface area contributed by atoms with Crippen molar-refractivity contribution in [2.24, 2.45) is 4.99 Å². The van der Waals surface area contributed by atoms with Gasteiger partial charge in [-0.15, -0.1) is 0 Å². The van der Waals surface area contributed by atoms with Crippen LogP contribution in [0.15, 0.2) is 23.2 Å². The quantitative estimate of drug-likeness (QED) is 0.553. The minimum atomic E-state index is -3.15. The molecular formula is C19H28F2N4O2S. The SMILES string of the molecule is CCN=C(NC1CCN(S(=O)(=O)CC)CC1)NC1CC1c1c(F)cccc1F. The second-order valence-corrected chi connectivity index (χ2v) is 9.53. The molecule has 1 aliphatic heterocycles. The monoisotopic (exact) mass is 414 g/mol. The Labute approximate surface area is 165 Å². The highest BCUT2D eigenvalue weighted by molar-refractivity contribution is 7.89. The van der Waals surface area contributed by atoms with E-state index in [1.807, 2.05) is 6.92 Å². The van der Waals surface area contributed by atoms with Gasteiger partial charge < -0.3 is 10.6 Å². The summed E-state index contributed by atoms with van der Waals surface area (Å²) in [4.78, 5) is 4.43. The van der Waals surface area contributed by atoms with Crippen LogP contribution in [0.5, 0.6) is 0 Å². The summed E-state index contributed by atoms with van der Waals surface area (Å²) in [5, 5.41) is 6.62. The minimum absolute atomic E-state index is 0.0650. The molecule has 9 heteroatoms. The van der Waals surface area contributed by atoms with Crippen LogP contribution in [-0.2, 0) is 10.0 Å². The topological polar surface area (TPSA) is 73.8 Å². The smallest absolute Gasteiger partial charge is 0.213 e.